The van der Waals surface area contributed by atoms with Gasteiger partial charge in [0, 0.05) is 32.1 Å². The predicted octanol–water partition coefficient (Wildman–Crippen LogP) is 3.44. The molecule has 4 rings (SSSR count). The third kappa shape index (κ3) is 4.42. The van der Waals surface area contributed by atoms with E-state index in [9.17, 15) is 4.79 Å². The summed E-state index contributed by atoms with van der Waals surface area (Å²) >= 11 is 0. The van der Waals surface area contributed by atoms with Crippen LogP contribution >= 0.6 is 0 Å². The summed E-state index contributed by atoms with van der Waals surface area (Å²) in [6.45, 7) is 7.82. The highest BCUT2D eigenvalue weighted by Crippen LogP contribution is 2.28. The Morgan fingerprint density at radius 3 is 2.85 bits per heavy atom. The van der Waals surface area contributed by atoms with Crippen molar-refractivity contribution in [1.82, 2.24) is 9.80 Å². The lowest BCUT2D eigenvalue weighted by molar-refractivity contribution is 0.0313. The van der Waals surface area contributed by atoms with Gasteiger partial charge in [-0.15, -0.1) is 0 Å². The molecular weight excluding hydrogens is 340 g/mol. The number of piperidine rings is 1. The topological polar surface area (TPSA) is 45.9 Å². The van der Waals surface area contributed by atoms with Crippen molar-refractivity contribution in [2.75, 3.05) is 39.4 Å². The van der Waals surface area contributed by atoms with Crippen molar-refractivity contribution in [3.05, 3.63) is 59.0 Å². The number of rotatable bonds is 4. The number of morpholine rings is 1. The summed E-state index contributed by atoms with van der Waals surface area (Å²) in [5.41, 5.74) is 3.29. The van der Waals surface area contributed by atoms with Crippen molar-refractivity contribution in [1.29, 1.82) is 0 Å². The number of hydrogen-bond acceptors (Lipinski definition) is 4. The van der Waals surface area contributed by atoms with Crippen LogP contribution in [0.15, 0.2) is 41.0 Å². The maximum absolute atomic E-state index is 13.0. The first kappa shape index (κ1) is 18.3. The van der Waals surface area contributed by atoms with Gasteiger partial charge in [-0.2, -0.15) is 0 Å². The number of amides is 1. The summed E-state index contributed by atoms with van der Waals surface area (Å²) in [5, 5.41) is 0. The second kappa shape index (κ2) is 8.28. The Morgan fingerprint density at radius 2 is 2.04 bits per heavy atom. The quantitative estimate of drug-likeness (QED) is 0.829. The smallest absolute Gasteiger partial charge is 0.257 e. The number of aryl methyl sites for hydroxylation is 1. The lowest BCUT2D eigenvalue weighted by atomic mass is 9.89. The van der Waals surface area contributed by atoms with Gasteiger partial charge in [0.15, 0.2) is 0 Å². The predicted molar refractivity (Wildman–Crippen MR) is 104 cm³/mol. The van der Waals surface area contributed by atoms with E-state index in [2.05, 4.69) is 36.1 Å². The van der Waals surface area contributed by atoms with E-state index in [4.69, 9.17) is 9.15 Å². The molecule has 0 aliphatic carbocycles. The number of hydrogen-bond donors (Lipinski definition) is 0. The number of ether oxygens (including phenoxy) is 1. The van der Waals surface area contributed by atoms with E-state index in [0.29, 0.717) is 11.5 Å². The van der Waals surface area contributed by atoms with E-state index in [-0.39, 0.29) is 5.91 Å². The largest absolute Gasteiger partial charge is 0.467 e. The van der Waals surface area contributed by atoms with Gasteiger partial charge in [0.2, 0.25) is 0 Å². The lowest BCUT2D eigenvalue weighted by Crippen LogP contribution is -2.39. The Labute approximate surface area is 160 Å². The van der Waals surface area contributed by atoms with Gasteiger partial charge in [-0.05, 0) is 31.4 Å². The summed E-state index contributed by atoms with van der Waals surface area (Å²) in [6, 6.07) is 10.6. The molecule has 2 aromatic rings. The number of likely N-dealkylation sites (tertiary alicyclic amines) is 1. The van der Waals surface area contributed by atoms with Crippen LogP contribution in [0.25, 0.3) is 0 Å². The first-order valence-electron chi connectivity index (χ1n) is 9.92. The van der Waals surface area contributed by atoms with Crippen LogP contribution in [-0.4, -0.2) is 55.1 Å². The van der Waals surface area contributed by atoms with Crippen LogP contribution in [0.3, 0.4) is 0 Å². The summed E-state index contributed by atoms with van der Waals surface area (Å²) in [5.74, 6) is 1.36. The Balaban J connectivity index is 1.40. The minimum atomic E-state index is 0.0873. The monoisotopic (exact) mass is 368 g/mol. The van der Waals surface area contributed by atoms with Crippen LogP contribution in [-0.2, 0) is 11.3 Å². The summed E-state index contributed by atoms with van der Waals surface area (Å²) in [6.07, 6.45) is 3.80. The van der Waals surface area contributed by atoms with Crippen molar-refractivity contribution in [3.8, 4) is 0 Å². The van der Waals surface area contributed by atoms with Crippen LogP contribution in [0, 0.1) is 6.92 Å². The van der Waals surface area contributed by atoms with Crippen LogP contribution in [0.4, 0.5) is 0 Å². The maximum Gasteiger partial charge on any atom is 0.257 e. The average Bonchev–Trinajstić information content (AvgIpc) is 3.17. The van der Waals surface area contributed by atoms with Gasteiger partial charge in [0.1, 0.15) is 12.0 Å². The minimum absolute atomic E-state index is 0.0873. The molecule has 1 atom stereocenters. The average molecular weight is 368 g/mol. The lowest BCUT2D eigenvalue weighted by Gasteiger charge is -2.33. The molecule has 0 N–H and O–H groups in total. The normalized spacial score (nSPS) is 21.4. The second-order valence-electron chi connectivity index (χ2n) is 7.69. The molecule has 0 radical (unpaired) electrons. The van der Waals surface area contributed by atoms with Crippen molar-refractivity contribution in [2.45, 2.75) is 32.2 Å². The van der Waals surface area contributed by atoms with Gasteiger partial charge >= 0.3 is 0 Å². The van der Waals surface area contributed by atoms with Crippen molar-refractivity contribution in [3.63, 3.8) is 0 Å². The van der Waals surface area contributed by atoms with E-state index in [1.165, 1.54) is 11.1 Å². The molecule has 0 bridgehead atoms. The van der Waals surface area contributed by atoms with Gasteiger partial charge < -0.3 is 14.1 Å². The summed E-state index contributed by atoms with van der Waals surface area (Å²) in [7, 11) is 0. The highest BCUT2D eigenvalue weighted by atomic mass is 16.5. The number of furan rings is 1. The van der Waals surface area contributed by atoms with Gasteiger partial charge in [0.25, 0.3) is 5.91 Å². The molecule has 3 heterocycles. The molecule has 27 heavy (non-hydrogen) atoms. The molecule has 2 saturated heterocycles. The highest BCUT2D eigenvalue weighted by molar-refractivity contribution is 5.94. The Hall–Kier alpha value is -2.11. The number of benzene rings is 1. The second-order valence-corrected chi connectivity index (χ2v) is 7.69. The fourth-order valence-corrected chi connectivity index (χ4v) is 4.10. The van der Waals surface area contributed by atoms with E-state index >= 15 is 0 Å². The van der Waals surface area contributed by atoms with Crippen molar-refractivity contribution >= 4 is 5.91 Å². The van der Waals surface area contributed by atoms with Crippen LogP contribution in [0.1, 0.15) is 46.0 Å². The van der Waals surface area contributed by atoms with Crippen LogP contribution in [0.2, 0.25) is 0 Å². The Kier molecular flexibility index (Phi) is 5.60. The molecule has 144 valence electrons. The molecular formula is C22H28N2O3. The summed E-state index contributed by atoms with van der Waals surface area (Å²) < 4.78 is 11.1. The van der Waals surface area contributed by atoms with E-state index in [0.717, 1.165) is 64.5 Å². The maximum atomic E-state index is 13.0. The number of nitrogens with zero attached hydrogens (tertiary/aromatic N) is 2. The van der Waals surface area contributed by atoms with Gasteiger partial charge in [-0.3, -0.25) is 9.69 Å². The Bertz CT molecular complexity index is 779. The third-order valence-electron chi connectivity index (χ3n) is 5.61. The van der Waals surface area contributed by atoms with Crippen molar-refractivity contribution in [2.24, 2.45) is 0 Å². The number of carbonyl (C=O) groups is 1. The molecule has 2 aliphatic heterocycles. The number of carbonyl (C=O) groups excluding carboxylic acids is 1. The fraction of sp³-hybridized carbons (Fsp3) is 0.500. The zero-order valence-corrected chi connectivity index (χ0v) is 16.0. The molecule has 5 heteroatoms. The molecule has 1 aromatic heterocycles. The molecule has 1 aromatic carbocycles. The van der Waals surface area contributed by atoms with Gasteiger partial charge in [-0.25, -0.2) is 0 Å². The zero-order chi connectivity index (χ0) is 18.6. The van der Waals surface area contributed by atoms with Gasteiger partial charge in [0.05, 0.1) is 25.3 Å². The standard InChI is InChI=1S/C22H28N2O3/c1-17-4-2-5-18(12-17)19-6-3-7-24(14-19)22(25)20-13-21(27-16-20)15-23-8-10-26-11-9-23/h2,4-5,12-13,16,19H,3,6-11,14-15H2,1H3/t19-/m1/s1. The van der Waals surface area contributed by atoms with E-state index < -0.39 is 0 Å². The molecule has 0 spiro atoms. The molecule has 0 saturated carbocycles. The third-order valence-corrected chi connectivity index (χ3v) is 5.61. The van der Waals surface area contributed by atoms with Crippen LogP contribution < -0.4 is 0 Å². The fourth-order valence-electron chi connectivity index (χ4n) is 4.10. The zero-order valence-electron chi connectivity index (χ0n) is 16.0. The molecule has 0 unspecified atom stereocenters. The molecule has 2 aliphatic rings. The minimum Gasteiger partial charge on any atom is -0.467 e. The molecule has 5 nitrogen and oxygen atoms in total. The molecule has 1 amide bonds. The summed E-state index contributed by atoms with van der Waals surface area (Å²) in [4.78, 5) is 17.3. The SMILES string of the molecule is Cc1cccc([C@@H]2CCCN(C(=O)c3coc(CN4CCOCC4)c3)C2)c1. The first-order valence-corrected chi connectivity index (χ1v) is 9.92. The van der Waals surface area contributed by atoms with Crippen molar-refractivity contribution < 1.29 is 13.9 Å². The molecule has 2 fully saturated rings. The Morgan fingerprint density at radius 1 is 1.19 bits per heavy atom. The first-order chi connectivity index (χ1) is 13.2. The van der Waals surface area contributed by atoms with E-state index in [1.54, 1.807) is 6.26 Å². The highest BCUT2D eigenvalue weighted by Gasteiger charge is 2.26. The van der Waals surface area contributed by atoms with Crippen LogP contribution in [0.5, 0.6) is 0 Å². The van der Waals surface area contributed by atoms with E-state index in [1.807, 2.05) is 11.0 Å². The van der Waals surface area contributed by atoms with Gasteiger partial charge in [-0.1, -0.05) is 29.8 Å².